The zero-order chi connectivity index (χ0) is 14.6. The predicted octanol–water partition coefficient (Wildman–Crippen LogP) is 5.41. The maximum Gasteiger partial charge on any atom is 0.198 e. The Hall–Kier alpha value is -1.02. The van der Waals surface area contributed by atoms with Crippen LogP contribution in [0.25, 0.3) is 0 Å². The molecule has 0 saturated carbocycles. The average Bonchev–Trinajstić information content (AvgIpc) is 2.48. The Labute approximate surface area is 133 Å². The summed E-state index contributed by atoms with van der Waals surface area (Å²) in [6, 6.07) is 18.2. The van der Waals surface area contributed by atoms with Crippen LogP contribution in [-0.4, -0.2) is 10.1 Å². The molecule has 0 aliphatic carbocycles. The van der Waals surface area contributed by atoms with Crippen molar-refractivity contribution in [1.82, 2.24) is 0 Å². The quantitative estimate of drug-likeness (QED) is 0.530. The lowest BCUT2D eigenvalue weighted by atomic mass is 10.0. The molecule has 0 aliphatic heterocycles. The van der Waals surface area contributed by atoms with Gasteiger partial charge in [0.15, 0.2) is 10.1 Å². The summed E-state index contributed by atoms with van der Waals surface area (Å²) in [5.74, 6) is -0.331. The first-order valence-electron chi connectivity index (χ1n) is 6.17. The summed E-state index contributed by atoms with van der Waals surface area (Å²) in [4.78, 5) is 12.3. The lowest BCUT2D eigenvalue weighted by molar-refractivity contribution is 0.0968. The fraction of sp³-hybridized carbons (Fsp3) is 0.188. The van der Waals surface area contributed by atoms with Crippen LogP contribution in [0.2, 0.25) is 0 Å². The van der Waals surface area contributed by atoms with E-state index >= 15 is 0 Å². The SMILES string of the molecule is O=C(c1ccccc1)C(Cl)(Cl)CC(Cl)c1ccccc1. The third kappa shape index (κ3) is 3.76. The molecule has 1 unspecified atom stereocenters. The third-order valence-corrected chi connectivity index (χ3v) is 4.02. The van der Waals surface area contributed by atoms with Crippen LogP contribution < -0.4 is 0 Å². The molecule has 0 saturated heterocycles. The summed E-state index contributed by atoms with van der Waals surface area (Å²) >= 11 is 18.7. The molecular formula is C16H13Cl3O. The summed E-state index contributed by atoms with van der Waals surface area (Å²) in [6.07, 6.45) is 0.148. The second-order valence-corrected chi connectivity index (χ2v) is 6.49. The summed E-state index contributed by atoms with van der Waals surface area (Å²) in [7, 11) is 0. The Morgan fingerprint density at radius 2 is 1.45 bits per heavy atom. The number of halogens is 3. The molecular weight excluding hydrogens is 315 g/mol. The van der Waals surface area contributed by atoms with Gasteiger partial charge in [-0.25, -0.2) is 0 Å². The number of hydrogen-bond donors (Lipinski definition) is 0. The zero-order valence-electron chi connectivity index (χ0n) is 10.6. The lowest BCUT2D eigenvalue weighted by Gasteiger charge is -2.21. The van der Waals surface area contributed by atoms with Crippen molar-refractivity contribution in [2.24, 2.45) is 0 Å². The number of hydrogen-bond acceptors (Lipinski definition) is 1. The third-order valence-electron chi connectivity index (χ3n) is 2.97. The lowest BCUT2D eigenvalue weighted by Crippen LogP contribution is -2.27. The van der Waals surface area contributed by atoms with Gasteiger partial charge in [0.2, 0.25) is 0 Å². The Bertz CT molecular complexity index is 567. The highest BCUT2D eigenvalue weighted by molar-refractivity contribution is 6.60. The van der Waals surface area contributed by atoms with Crippen molar-refractivity contribution in [2.45, 2.75) is 16.1 Å². The van der Waals surface area contributed by atoms with Crippen molar-refractivity contribution in [3.63, 3.8) is 0 Å². The van der Waals surface area contributed by atoms with E-state index in [2.05, 4.69) is 0 Å². The molecule has 0 amide bonds. The van der Waals surface area contributed by atoms with Gasteiger partial charge in [-0.05, 0) is 5.56 Å². The molecule has 0 aromatic heterocycles. The van der Waals surface area contributed by atoms with E-state index in [1.54, 1.807) is 24.3 Å². The van der Waals surface area contributed by atoms with Gasteiger partial charge in [0, 0.05) is 12.0 Å². The highest BCUT2D eigenvalue weighted by atomic mass is 35.5. The molecule has 0 fully saturated rings. The van der Waals surface area contributed by atoms with Crippen LogP contribution in [0.15, 0.2) is 60.7 Å². The van der Waals surface area contributed by atoms with E-state index < -0.39 is 9.71 Å². The molecule has 0 N–H and O–H groups in total. The van der Waals surface area contributed by atoms with Crippen molar-refractivity contribution < 1.29 is 4.79 Å². The van der Waals surface area contributed by atoms with Crippen LogP contribution in [-0.2, 0) is 0 Å². The Morgan fingerprint density at radius 3 is 2.00 bits per heavy atom. The fourth-order valence-corrected chi connectivity index (χ4v) is 2.96. The van der Waals surface area contributed by atoms with E-state index in [9.17, 15) is 4.79 Å². The standard InChI is InChI=1S/C16H13Cl3O/c17-14(12-7-3-1-4-8-12)11-16(18,19)15(20)13-9-5-2-6-10-13/h1-10,14H,11H2. The number of rotatable bonds is 5. The first-order chi connectivity index (χ1) is 9.50. The zero-order valence-corrected chi connectivity index (χ0v) is 12.9. The van der Waals surface area contributed by atoms with Crippen molar-refractivity contribution >= 4 is 40.6 Å². The van der Waals surface area contributed by atoms with Gasteiger partial charge in [-0.1, -0.05) is 83.9 Å². The van der Waals surface area contributed by atoms with Crippen LogP contribution in [0.1, 0.15) is 27.7 Å². The van der Waals surface area contributed by atoms with E-state index in [4.69, 9.17) is 34.8 Å². The highest BCUT2D eigenvalue weighted by Crippen LogP contribution is 2.38. The van der Waals surface area contributed by atoms with E-state index in [0.717, 1.165) is 5.56 Å². The van der Waals surface area contributed by atoms with Gasteiger partial charge in [-0.2, -0.15) is 0 Å². The molecule has 20 heavy (non-hydrogen) atoms. The Balaban J connectivity index is 2.13. The number of carbonyl (C=O) groups excluding carboxylic acids is 1. The molecule has 1 nitrogen and oxygen atoms in total. The minimum Gasteiger partial charge on any atom is -0.291 e. The van der Waals surface area contributed by atoms with Crippen molar-refractivity contribution in [2.75, 3.05) is 0 Å². The van der Waals surface area contributed by atoms with E-state index in [1.807, 2.05) is 36.4 Å². The molecule has 0 bridgehead atoms. The monoisotopic (exact) mass is 326 g/mol. The highest BCUT2D eigenvalue weighted by Gasteiger charge is 2.36. The maximum absolute atomic E-state index is 12.3. The van der Waals surface area contributed by atoms with Gasteiger partial charge in [0.1, 0.15) is 0 Å². The van der Waals surface area contributed by atoms with Crippen LogP contribution >= 0.6 is 34.8 Å². The van der Waals surface area contributed by atoms with Gasteiger partial charge in [0.25, 0.3) is 0 Å². The van der Waals surface area contributed by atoms with Crippen LogP contribution in [0.4, 0.5) is 0 Å². The van der Waals surface area contributed by atoms with Gasteiger partial charge in [-0.15, -0.1) is 11.6 Å². The topological polar surface area (TPSA) is 17.1 Å². The van der Waals surface area contributed by atoms with Crippen molar-refractivity contribution in [3.8, 4) is 0 Å². The maximum atomic E-state index is 12.3. The molecule has 2 aromatic carbocycles. The van der Waals surface area contributed by atoms with Crippen LogP contribution in [0.3, 0.4) is 0 Å². The molecule has 1 atom stereocenters. The molecule has 0 spiro atoms. The normalized spacial score (nSPS) is 12.9. The van der Waals surface area contributed by atoms with Gasteiger partial charge in [0.05, 0.1) is 5.38 Å². The fourth-order valence-electron chi connectivity index (χ4n) is 1.90. The average molecular weight is 328 g/mol. The molecule has 0 aliphatic rings. The Kier molecular flexibility index (Phi) is 5.09. The van der Waals surface area contributed by atoms with Crippen LogP contribution in [0.5, 0.6) is 0 Å². The smallest absolute Gasteiger partial charge is 0.198 e. The van der Waals surface area contributed by atoms with Gasteiger partial charge < -0.3 is 0 Å². The van der Waals surface area contributed by atoms with E-state index in [1.165, 1.54) is 0 Å². The second-order valence-electron chi connectivity index (χ2n) is 4.48. The first-order valence-corrected chi connectivity index (χ1v) is 7.36. The van der Waals surface area contributed by atoms with Crippen molar-refractivity contribution in [3.05, 3.63) is 71.8 Å². The summed E-state index contributed by atoms with van der Waals surface area (Å²) in [5.41, 5.74) is 1.37. The van der Waals surface area contributed by atoms with Gasteiger partial charge >= 0.3 is 0 Å². The molecule has 2 aromatic rings. The minimum atomic E-state index is -1.54. The summed E-state index contributed by atoms with van der Waals surface area (Å²) in [5, 5.41) is -0.418. The predicted molar refractivity (Wildman–Crippen MR) is 84.9 cm³/mol. The molecule has 2 rings (SSSR count). The molecule has 4 heteroatoms. The number of Topliss-reactive ketones (excluding diaryl/α,β-unsaturated/α-hetero) is 1. The summed E-state index contributed by atoms with van der Waals surface area (Å²) < 4.78 is -1.54. The van der Waals surface area contributed by atoms with E-state index in [-0.39, 0.29) is 12.2 Å². The summed E-state index contributed by atoms with van der Waals surface area (Å²) in [6.45, 7) is 0. The largest absolute Gasteiger partial charge is 0.291 e. The van der Waals surface area contributed by atoms with E-state index in [0.29, 0.717) is 5.56 Å². The number of ketones is 1. The van der Waals surface area contributed by atoms with Crippen LogP contribution in [0, 0.1) is 0 Å². The number of alkyl halides is 3. The number of benzene rings is 2. The Morgan fingerprint density at radius 1 is 0.950 bits per heavy atom. The van der Waals surface area contributed by atoms with Crippen molar-refractivity contribution in [1.29, 1.82) is 0 Å². The first kappa shape index (κ1) is 15.4. The second kappa shape index (κ2) is 6.62. The molecule has 0 heterocycles. The van der Waals surface area contributed by atoms with Gasteiger partial charge in [-0.3, -0.25) is 4.79 Å². The molecule has 104 valence electrons. The minimum absolute atomic E-state index is 0.148. The molecule has 0 radical (unpaired) electrons. The number of carbonyl (C=O) groups is 1.